The van der Waals surface area contributed by atoms with Crippen molar-refractivity contribution in [3.8, 4) is 0 Å². The fraction of sp³-hybridized carbons (Fsp3) is 0.706. The summed E-state index contributed by atoms with van der Waals surface area (Å²) < 4.78 is 1.46. The van der Waals surface area contributed by atoms with E-state index in [9.17, 15) is 4.79 Å². The summed E-state index contributed by atoms with van der Waals surface area (Å²) in [4.78, 5) is 28.7. The SMILES string of the molecule is CN1CCN(CCCNc2nc3nc4c(c(=O)n3[nH]2)CN(C)CC4)CC1.Cl.Cl. The first-order valence-corrected chi connectivity index (χ1v) is 9.44. The molecule has 28 heavy (non-hydrogen) atoms. The van der Waals surface area contributed by atoms with Gasteiger partial charge in [0.15, 0.2) is 0 Å². The maximum atomic E-state index is 12.7. The summed E-state index contributed by atoms with van der Waals surface area (Å²) in [7, 11) is 4.20. The van der Waals surface area contributed by atoms with E-state index in [0.29, 0.717) is 18.3 Å². The summed E-state index contributed by atoms with van der Waals surface area (Å²) >= 11 is 0. The molecule has 0 unspecified atom stereocenters. The summed E-state index contributed by atoms with van der Waals surface area (Å²) in [6, 6.07) is 0. The van der Waals surface area contributed by atoms with E-state index in [4.69, 9.17) is 0 Å². The Hall–Kier alpha value is -1.39. The molecule has 0 atom stereocenters. The van der Waals surface area contributed by atoms with Gasteiger partial charge in [-0.1, -0.05) is 0 Å². The highest BCUT2D eigenvalue weighted by molar-refractivity contribution is 5.85. The lowest BCUT2D eigenvalue weighted by Crippen LogP contribution is -2.44. The van der Waals surface area contributed by atoms with Gasteiger partial charge in [-0.05, 0) is 27.1 Å². The second kappa shape index (κ2) is 9.89. The number of fused-ring (bicyclic) bond motifs is 2. The van der Waals surface area contributed by atoms with Crippen molar-refractivity contribution >= 4 is 36.5 Å². The minimum atomic E-state index is -0.0328. The minimum absolute atomic E-state index is 0. The first kappa shape index (κ1) is 22.9. The van der Waals surface area contributed by atoms with E-state index in [-0.39, 0.29) is 30.4 Å². The van der Waals surface area contributed by atoms with Crippen LogP contribution in [0.1, 0.15) is 17.7 Å². The number of anilines is 1. The van der Waals surface area contributed by atoms with Gasteiger partial charge in [0.05, 0.1) is 11.3 Å². The lowest BCUT2D eigenvalue weighted by Gasteiger charge is -2.32. The van der Waals surface area contributed by atoms with Crippen LogP contribution in [0.15, 0.2) is 4.79 Å². The minimum Gasteiger partial charge on any atom is -0.355 e. The summed E-state index contributed by atoms with van der Waals surface area (Å²) in [5.74, 6) is 1.07. The molecule has 2 aliphatic rings. The molecular formula is C17H30Cl2N8O. The van der Waals surface area contributed by atoms with Crippen LogP contribution >= 0.6 is 24.8 Å². The molecule has 2 aliphatic heterocycles. The van der Waals surface area contributed by atoms with Gasteiger partial charge < -0.3 is 20.0 Å². The topological polar surface area (TPSA) is 84.8 Å². The molecule has 2 aromatic heterocycles. The normalized spacial score (nSPS) is 18.4. The first-order valence-electron chi connectivity index (χ1n) is 9.44. The van der Waals surface area contributed by atoms with E-state index in [1.165, 1.54) is 4.52 Å². The van der Waals surface area contributed by atoms with Crippen LogP contribution in [0, 0.1) is 0 Å². The average Bonchev–Trinajstić information content (AvgIpc) is 3.04. The Bertz CT molecular complexity index is 830. The van der Waals surface area contributed by atoms with Gasteiger partial charge in [0, 0.05) is 52.2 Å². The maximum Gasteiger partial charge on any atom is 0.278 e. The number of aromatic amines is 1. The maximum absolute atomic E-state index is 12.7. The van der Waals surface area contributed by atoms with Gasteiger partial charge in [-0.3, -0.25) is 9.89 Å². The van der Waals surface area contributed by atoms with Gasteiger partial charge in [-0.25, -0.2) is 4.98 Å². The van der Waals surface area contributed by atoms with Gasteiger partial charge in [0.1, 0.15) is 0 Å². The number of rotatable bonds is 5. The third-order valence-electron chi connectivity index (χ3n) is 5.37. The number of hydrogen-bond donors (Lipinski definition) is 2. The van der Waals surface area contributed by atoms with Crippen LogP contribution in [0.2, 0.25) is 0 Å². The number of halogens is 2. The van der Waals surface area contributed by atoms with Gasteiger partial charge >= 0.3 is 0 Å². The zero-order valence-electron chi connectivity index (χ0n) is 16.5. The van der Waals surface area contributed by atoms with Crippen molar-refractivity contribution in [3.63, 3.8) is 0 Å². The van der Waals surface area contributed by atoms with Crippen LogP contribution in [-0.4, -0.2) is 94.2 Å². The smallest absolute Gasteiger partial charge is 0.278 e. The van der Waals surface area contributed by atoms with Crippen LogP contribution in [0.25, 0.3) is 5.78 Å². The second-order valence-corrected chi connectivity index (χ2v) is 7.46. The van der Waals surface area contributed by atoms with Gasteiger partial charge in [0.2, 0.25) is 5.95 Å². The van der Waals surface area contributed by atoms with Crippen LogP contribution in [0.3, 0.4) is 0 Å². The molecule has 0 saturated carbocycles. The standard InChI is InChI=1S/C17H28N8O.2ClH/c1-22-8-10-24(11-9-22)6-3-5-18-16-20-17-19-14-4-7-23(2)12-13(14)15(26)25(17)21-16;;/h3-12H2,1-2H3,(H2,18,19,20,21);2*1H. The van der Waals surface area contributed by atoms with Crippen LogP contribution < -0.4 is 10.9 Å². The van der Waals surface area contributed by atoms with E-state index < -0.39 is 0 Å². The molecule has 1 saturated heterocycles. The molecule has 4 heterocycles. The number of nitrogens with one attached hydrogen (secondary N) is 2. The van der Waals surface area contributed by atoms with Gasteiger partial charge in [-0.15, -0.1) is 24.8 Å². The number of piperazine rings is 1. The van der Waals surface area contributed by atoms with Gasteiger partial charge in [-0.2, -0.15) is 9.50 Å². The first-order chi connectivity index (χ1) is 12.6. The van der Waals surface area contributed by atoms with E-state index in [1.807, 2.05) is 7.05 Å². The van der Waals surface area contributed by atoms with Gasteiger partial charge in [0.25, 0.3) is 11.3 Å². The largest absolute Gasteiger partial charge is 0.355 e. The van der Waals surface area contributed by atoms with Crippen LogP contribution in [0.5, 0.6) is 0 Å². The molecule has 158 valence electrons. The third-order valence-corrected chi connectivity index (χ3v) is 5.37. The van der Waals surface area contributed by atoms with Crippen molar-refractivity contribution in [1.29, 1.82) is 0 Å². The summed E-state index contributed by atoms with van der Waals surface area (Å²) in [5, 5.41) is 6.35. The lowest BCUT2D eigenvalue weighted by molar-refractivity contribution is 0.154. The molecule has 9 nitrogen and oxygen atoms in total. The fourth-order valence-electron chi connectivity index (χ4n) is 3.67. The zero-order chi connectivity index (χ0) is 18.1. The summed E-state index contributed by atoms with van der Waals surface area (Å²) in [6.07, 6.45) is 1.85. The average molecular weight is 433 g/mol. The van der Waals surface area contributed by atoms with Crippen molar-refractivity contribution in [1.82, 2.24) is 34.3 Å². The molecule has 4 rings (SSSR count). The molecule has 0 bridgehead atoms. The summed E-state index contributed by atoms with van der Waals surface area (Å²) in [5.41, 5.74) is 1.64. The molecular weight excluding hydrogens is 403 g/mol. The molecule has 2 aromatic rings. The molecule has 11 heteroatoms. The number of hydrogen-bond acceptors (Lipinski definition) is 7. The van der Waals surface area contributed by atoms with Crippen molar-refractivity contribution in [2.24, 2.45) is 0 Å². The predicted octanol–water partition coefficient (Wildman–Crippen LogP) is 0.299. The predicted molar refractivity (Wildman–Crippen MR) is 115 cm³/mol. The Labute approximate surface area is 177 Å². The van der Waals surface area contributed by atoms with E-state index in [2.05, 4.69) is 42.1 Å². The molecule has 0 aromatic carbocycles. The number of nitrogens with zero attached hydrogens (tertiary/aromatic N) is 6. The lowest BCUT2D eigenvalue weighted by atomic mass is 10.1. The monoisotopic (exact) mass is 432 g/mol. The van der Waals surface area contributed by atoms with Crippen LogP contribution in [0.4, 0.5) is 5.95 Å². The molecule has 0 aliphatic carbocycles. The van der Waals surface area contributed by atoms with Crippen molar-refractivity contribution in [3.05, 3.63) is 21.6 Å². The second-order valence-electron chi connectivity index (χ2n) is 7.46. The number of H-pyrrole nitrogens is 1. The molecule has 0 radical (unpaired) electrons. The molecule has 0 amide bonds. The van der Waals surface area contributed by atoms with E-state index in [1.54, 1.807) is 0 Å². The molecule has 0 spiro atoms. The van der Waals surface area contributed by atoms with E-state index in [0.717, 1.165) is 69.9 Å². The zero-order valence-corrected chi connectivity index (χ0v) is 18.1. The Morgan fingerprint density at radius 1 is 1.04 bits per heavy atom. The highest BCUT2D eigenvalue weighted by Gasteiger charge is 2.21. The Balaban J connectivity index is 0.00000140. The fourth-order valence-corrected chi connectivity index (χ4v) is 3.67. The van der Waals surface area contributed by atoms with Crippen molar-refractivity contribution < 1.29 is 0 Å². The third kappa shape index (κ3) is 4.96. The molecule has 2 N–H and O–H groups in total. The number of aromatic nitrogens is 4. The van der Waals surface area contributed by atoms with Crippen LogP contribution in [-0.2, 0) is 13.0 Å². The summed E-state index contributed by atoms with van der Waals surface area (Å²) in [6.45, 7) is 8.05. The van der Waals surface area contributed by atoms with Crippen molar-refractivity contribution in [2.45, 2.75) is 19.4 Å². The van der Waals surface area contributed by atoms with Crippen molar-refractivity contribution in [2.75, 3.05) is 65.2 Å². The quantitative estimate of drug-likeness (QED) is 0.657. The Kier molecular flexibility index (Phi) is 8.08. The number of likely N-dealkylation sites (N-methyl/N-ethyl adjacent to an activating group) is 2. The molecule has 1 fully saturated rings. The Morgan fingerprint density at radius 2 is 1.79 bits per heavy atom. The van der Waals surface area contributed by atoms with E-state index >= 15 is 0 Å². The highest BCUT2D eigenvalue weighted by Crippen LogP contribution is 2.13. The Morgan fingerprint density at radius 3 is 2.54 bits per heavy atom. The highest BCUT2D eigenvalue weighted by atomic mass is 35.5.